The summed E-state index contributed by atoms with van der Waals surface area (Å²) in [6.07, 6.45) is 2.18. The van der Waals surface area contributed by atoms with E-state index in [1.807, 2.05) is 6.92 Å². The molecule has 106 valence electrons. The summed E-state index contributed by atoms with van der Waals surface area (Å²) in [5, 5.41) is 5.10. The number of nitrogens with zero attached hydrogens (tertiary/aromatic N) is 2. The standard InChI is InChI=1S/C13H15N3O3S/c1-13(4-5-20(18,19)8-13)16-11-3-2-9(12(14)17)6-10(11)7-15-16/h2-3,6-7H,4-5,8H2,1H3,(H2,14,17)/t13-/m0/s1. The first-order valence-electron chi connectivity index (χ1n) is 6.29. The van der Waals surface area contributed by atoms with Gasteiger partial charge in [-0.15, -0.1) is 0 Å². The van der Waals surface area contributed by atoms with Gasteiger partial charge in [-0.2, -0.15) is 5.10 Å². The van der Waals surface area contributed by atoms with Gasteiger partial charge in [0.05, 0.1) is 28.8 Å². The van der Waals surface area contributed by atoms with Crippen molar-refractivity contribution in [3.05, 3.63) is 30.0 Å². The van der Waals surface area contributed by atoms with Crippen molar-refractivity contribution in [1.82, 2.24) is 9.78 Å². The third-order valence-corrected chi connectivity index (χ3v) is 5.73. The van der Waals surface area contributed by atoms with Gasteiger partial charge in [-0.3, -0.25) is 9.48 Å². The van der Waals surface area contributed by atoms with E-state index in [4.69, 9.17) is 5.73 Å². The minimum absolute atomic E-state index is 0.0916. The molecule has 2 aromatic rings. The van der Waals surface area contributed by atoms with Crippen molar-refractivity contribution >= 4 is 26.6 Å². The molecule has 0 unspecified atom stereocenters. The number of sulfone groups is 1. The maximum Gasteiger partial charge on any atom is 0.248 e. The summed E-state index contributed by atoms with van der Waals surface area (Å²) in [6.45, 7) is 1.89. The third-order valence-electron chi connectivity index (χ3n) is 3.85. The minimum atomic E-state index is -3.01. The van der Waals surface area contributed by atoms with Crippen LogP contribution >= 0.6 is 0 Å². The number of primary amides is 1. The fourth-order valence-corrected chi connectivity index (χ4v) is 4.89. The van der Waals surface area contributed by atoms with Gasteiger partial charge in [0.2, 0.25) is 5.91 Å². The maximum absolute atomic E-state index is 11.7. The lowest BCUT2D eigenvalue weighted by Gasteiger charge is -2.23. The van der Waals surface area contributed by atoms with Crippen LogP contribution in [-0.2, 0) is 15.4 Å². The van der Waals surface area contributed by atoms with Crippen molar-refractivity contribution in [1.29, 1.82) is 0 Å². The van der Waals surface area contributed by atoms with Gasteiger partial charge >= 0.3 is 0 Å². The predicted octanol–water partition coefficient (Wildman–Crippen LogP) is 0.669. The first-order valence-corrected chi connectivity index (χ1v) is 8.11. The molecule has 1 aromatic heterocycles. The first kappa shape index (κ1) is 13.1. The molecule has 1 amide bonds. The van der Waals surface area contributed by atoms with Crippen LogP contribution in [0, 0.1) is 0 Å². The number of nitrogens with two attached hydrogens (primary N) is 1. The normalized spacial score (nSPS) is 25.1. The molecular weight excluding hydrogens is 278 g/mol. The van der Waals surface area contributed by atoms with Crippen molar-refractivity contribution in [2.45, 2.75) is 18.9 Å². The summed E-state index contributed by atoms with van der Waals surface area (Å²) in [7, 11) is -3.01. The molecule has 2 heterocycles. The molecule has 0 spiro atoms. The maximum atomic E-state index is 11.7. The number of benzene rings is 1. The molecule has 1 aliphatic heterocycles. The van der Waals surface area contributed by atoms with Gasteiger partial charge in [0.1, 0.15) is 0 Å². The van der Waals surface area contributed by atoms with Crippen molar-refractivity contribution in [3.8, 4) is 0 Å². The first-order chi connectivity index (χ1) is 9.31. The molecule has 6 nitrogen and oxygen atoms in total. The molecule has 0 radical (unpaired) electrons. The van der Waals surface area contributed by atoms with Crippen LogP contribution in [0.2, 0.25) is 0 Å². The van der Waals surface area contributed by atoms with E-state index in [2.05, 4.69) is 5.10 Å². The molecule has 1 aliphatic rings. The number of aromatic nitrogens is 2. The lowest BCUT2D eigenvalue weighted by Crippen LogP contribution is -2.32. The van der Waals surface area contributed by atoms with Crippen LogP contribution in [0.1, 0.15) is 23.7 Å². The summed E-state index contributed by atoms with van der Waals surface area (Å²) in [5.41, 5.74) is 5.95. The summed E-state index contributed by atoms with van der Waals surface area (Å²) >= 11 is 0. The largest absolute Gasteiger partial charge is 0.366 e. The molecule has 1 saturated heterocycles. The summed E-state index contributed by atoms with van der Waals surface area (Å²) in [6, 6.07) is 5.07. The lowest BCUT2D eigenvalue weighted by atomic mass is 10.0. The molecular formula is C13H15N3O3S. The third kappa shape index (κ3) is 1.98. The number of fused-ring (bicyclic) bond motifs is 1. The summed E-state index contributed by atoms with van der Waals surface area (Å²) < 4.78 is 25.2. The monoisotopic (exact) mass is 293 g/mol. The highest BCUT2D eigenvalue weighted by molar-refractivity contribution is 7.91. The average molecular weight is 293 g/mol. The van der Waals surface area contributed by atoms with Gasteiger partial charge in [-0.25, -0.2) is 8.42 Å². The van der Waals surface area contributed by atoms with Gasteiger partial charge in [-0.1, -0.05) is 0 Å². The van der Waals surface area contributed by atoms with Crippen molar-refractivity contribution in [3.63, 3.8) is 0 Å². The molecule has 1 atom stereocenters. The van der Waals surface area contributed by atoms with Gasteiger partial charge < -0.3 is 5.73 Å². The summed E-state index contributed by atoms with van der Waals surface area (Å²) in [4.78, 5) is 11.2. The Kier molecular flexibility index (Phi) is 2.66. The SMILES string of the molecule is C[C@]1(n2ncc3cc(C(N)=O)ccc32)CCS(=O)(=O)C1. The Hall–Kier alpha value is -1.89. The number of carbonyl (C=O) groups excluding carboxylic acids is 1. The van der Waals surface area contributed by atoms with E-state index in [-0.39, 0.29) is 11.5 Å². The number of hydrogen-bond acceptors (Lipinski definition) is 4. The second kappa shape index (κ2) is 4.05. The average Bonchev–Trinajstić information content (AvgIpc) is 2.90. The van der Waals surface area contributed by atoms with E-state index in [0.717, 1.165) is 10.9 Å². The Morgan fingerprint density at radius 1 is 1.45 bits per heavy atom. The predicted molar refractivity (Wildman–Crippen MR) is 75.2 cm³/mol. The molecule has 0 bridgehead atoms. The fraction of sp³-hybridized carbons (Fsp3) is 0.385. The lowest BCUT2D eigenvalue weighted by molar-refractivity contribution is 0.100. The van der Waals surface area contributed by atoms with E-state index < -0.39 is 21.3 Å². The van der Waals surface area contributed by atoms with Gasteiger partial charge in [0, 0.05) is 10.9 Å². The highest BCUT2D eigenvalue weighted by Crippen LogP contribution is 2.33. The van der Waals surface area contributed by atoms with E-state index in [0.29, 0.717) is 12.0 Å². The number of hydrogen-bond donors (Lipinski definition) is 1. The van der Waals surface area contributed by atoms with E-state index in [9.17, 15) is 13.2 Å². The fourth-order valence-electron chi connectivity index (χ4n) is 2.78. The highest BCUT2D eigenvalue weighted by atomic mass is 32.2. The Morgan fingerprint density at radius 2 is 2.20 bits per heavy atom. The van der Waals surface area contributed by atoms with E-state index >= 15 is 0 Å². The van der Waals surface area contributed by atoms with Crippen LogP contribution in [0.25, 0.3) is 10.9 Å². The molecule has 0 aliphatic carbocycles. The Balaban J connectivity index is 2.12. The second-order valence-corrected chi connectivity index (χ2v) is 7.72. The van der Waals surface area contributed by atoms with Crippen molar-refractivity contribution in [2.75, 3.05) is 11.5 Å². The molecule has 3 rings (SSSR count). The van der Waals surface area contributed by atoms with Crippen molar-refractivity contribution < 1.29 is 13.2 Å². The number of rotatable bonds is 2. The van der Waals surface area contributed by atoms with E-state index in [1.165, 1.54) is 0 Å². The highest BCUT2D eigenvalue weighted by Gasteiger charge is 2.41. The van der Waals surface area contributed by atoms with Crippen LogP contribution in [0.4, 0.5) is 0 Å². The quantitative estimate of drug-likeness (QED) is 0.880. The zero-order valence-electron chi connectivity index (χ0n) is 11.0. The van der Waals surface area contributed by atoms with Crippen molar-refractivity contribution in [2.24, 2.45) is 5.73 Å². The zero-order chi connectivity index (χ0) is 14.5. The van der Waals surface area contributed by atoms with Crippen LogP contribution in [0.3, 0.4) is 0 Å². The van der Waals surface area contributed by atoms with Crippen LogP contribution < -0.4 is 5.73 Å². The minimum Gasteiger partial charge on any atom is -0.366 e. The molecule has 7 heteroatoms. The van der Waals surface area contributed by atoms with Gasteiger partial charge in [0.25, 0.3) is 0 Å². The van der Waals surface area contributed by atoms with Crippen LogP contribution in [-0.4, -0.2) is 35.6 Å². The zero-order valence-corrected chi connectivity index (χ0v) is 11.9. The molecule has 20 heavy (non-hydrogen) atoms. The molecule has 2 N–H and O–H groups in total. The summed E-state index contributed by atoms with van der Waals surface area (Å²) in [5.74, 6) is -0.215. The van der Waals surface area contributed by atoms with E-state index in [1.54, 1.807) is 29.1 Å². The smallest absolute Gasteiger partial charge is 0.248 e. The number of carbonyl (C=O) groups is 1. The topological polar surface area (TPSA) is 95.1 Å². The van der Waals surface area contributed by atoms with Crippen LogP contribution in [0.15, 0.2) is 24.4 Å². The Bertz CT molecular complexity index is 809. The van der Waals surface area contributed by atoms with Gasteiger partial charge in [0.15, 0.2) is 9.84 Å². The Labute approximate surface area is 116 Å². The van der Waals surface area contributed by atoms with Crippen LogP contribution in [0.5, 0.6) is 0 Å². The second-order valence-electron chi connectivity index (χ2n) is 5.53. The molecule has 1 fully saturated rings. The molecule has 0 saturated carbocycles. The Morgan fingerprint density at radius 3 is 2.80 bits per heavy atom. The number of amides is 1. The molecule has 1 aromatic carbocycles. The van der Waals surface area contributed by atoms with Gasteiger partial charge in [-0.05, 0) is 31.5 Å².